The van der Waals surface area contributed by atoms with Crippen LogP contribution in [-0.2, 0) is 9.59 Å². The van der Waals surface area contributed by atoms with Gasteiger partial charge in [-0.1, -0.05) is 42.5 Å². The Morgan fingerprint density at radius 3 is 2.51 bits per heavy atom. The number of methoxy groups -OCH3 is 1. The molecule has 0 aliphatic rings. The summed E-state index contributed by atoms with van der Waals surface area (Å²) in [5.41, 5.74) is 4.38. The summed E-state index contributed by atoms with van der Waals surface area (Å²) in [4.78, 5) is 47.9. The van der Waals surface area contributed by atoms with Crippen molar-refractivity contribution in [3.8, 4) is 17.0 Å². The molecule has 3 amide bonds. The third kappa shape index (κ3) is 7.96. The third-order valence-corrected chi connectivity index (χ3v) is 8.80. The predicted octanol–water partition coefficient (Wildman–Crippen LogP) is 7.44. The van der Waals surface area contributed by atoms with E-state index in [0.29, 0.717) is 16.4 Å². The molecular weight excluding hydrogens is 631 g/mol. The van der Waals surface area contributed by atoms with Gasteiger partial charge in [-0.2, -0.15) is 0 Å². The van der Waals surface area contributed by atoms with Crippen molar-refractivity contribution >= 4 is 68.6 Å². The minimum atomic E-state index is -0.490. The number of hydrogen-bond donors (Lipinski definition) is 4. The number of ether oxygens (including phenoxy) is 1. The molecule has 2 aromatic heterocycles. The number of carbonyl (C=O) groups excluding carboxylic acids is 3. The Balaban J connectivity index is 1.11. The van der Waals surface area contributed by atoms with Gasteiger partial charge < -0.3 is 25.7 Å². The van der Waals surface area contributed by atoms with Gasteiger partial charge in [-0.25, -0.2) is 4.98 Å². The van der Waals surface area contributed by atoms with Gasteiger partial charge in [-0.05, 0) is 66.7 Å². The minimum absolute atomic E-state index is 0.0819. The number of H-pyrrole nitrogens is 1. The lowest BCUT2D eigenvalue weighted by atomic mass is 10.1. The number of anilines is 2. The topological polar surface area (TPSA) is 125 Å². The van der Waals surface area contributed by atoms with Gasteiger partial charge in [0, 0.05) is 49.8 Å². The maximum Gasteiger partial charge on any atom is 0.272 e. The van der Waals surface area contributed by atoms with Crippen molar-refractivity contribution in [1.29, 1.82) is 0 Å². The number of carbonyl (C=O) groups is 3. The molecule has 0 radical (unpaired) electrons. The highest BCUT2D eigenvalue weighted by Gasteiger charge is 2.17. The predicted molar refractivity (Wildman–Crippen MR) is 189 cm³/mol. The second-order valence-electron chi connectivity index (χ2n) is 10.3. The Kier molecular flexibility index (Phi) is 9.75. The van der Waals surface area contributed by atoms with Gasteiger partial charge in [0.2, 0.25) is 5.91 Å². The number of hydrogen-bond acceptors (Lipinski definition) is 7. The Hall–Kier alpha value is -5.65. The smallest absolute Gasteiger partial charge is 0.272 e. The largest absolute Gasteiger partial charge is 0.497 e. The third-order valence-electron chi connectivity index (χ3n) is 7.05. The summed E-state index contributed by atoms with van der Waals surface area (Å²) in [6.45, 7) is 0. The van der Waals surface area contributed by atoms with Gasteiger partial charge in [0.25, 0.3) is 11.8 Å². The Morgan fingerprint density at radius 2 is 1.70 bits per heavy atom. The molecule has 0 spiro atoms. The van der Waals surface area contributed by atoms with Crippen LogP contribution in [0.4, 0.5) is 10.8 Å². The molecule has 4 aromatic carbocycles. The van der Waals surface area contributed by atoms with Crippen LogP contribution in [0.3, 0.4) is 0 Å². The molecule has 0 aliphatic carbocycles. The van der Waals surface area contributed by atoms with Crippen LogP contribution in [0, 0.1) is 0 Å². The highest BCUT2D eigenvalue weighted by Crippen LogP contribution is 2.28. The van der Waals surface area contributed by atoms with E-state index in [9.17, 15) is 14.4 Å². The average molecular weight is 660 g/mol. The van der Waals surface area contributed by atoms with E-state index < -0.39 is 11.8 Å². The number of aromatic amines is 1. The quantitative estimate of drug-likeness (QED) is 0.0847. The normalized spacial score (nSPS) is 11.2. The molecule has 234 valence electrons. The van der Waals surface area contributed by atoms with Crippen molar-refractivity contribution in [3.05, 3.63) is 132 Å². The van der Waals surface area contributed by atoms with Crippen LogP contribution in [0.5, 0.6) is 5.75 Å². The van der Waals surface area contributed by atoms with Crippen molar-refractivity contribution in [2.24, 2.45) is 0 Å². The molecule has 9 nitrogen and oxygen atoms in total. The van der Waals surface area contributed by atoms with Crippen LogP contribution < -0.4 is 20.7 Å². The van der Waals surface area contributed by atoms with Gasteiger partial charge in [-0.3, -0.25) is 14.4 Å². The second-order valence-corrected chi connectivity index (χ2v) is 12.2. The second kappa shape index (κ2) is 14.6. The number of benzene rings is 4. The number of thioether (sulfide) groups is 1. The number of para-hydroxylation sites is 1. The number of fused-ring (bicyclic) bond motifs is 1. The monoisotopic (exact) mass is 659 g/mol. The van der Waals surface area contributed by atoms with E-state index in [4.69, 9.17) is 4.74 Å². The first-order valence-corrected chi connectivity index (χ1v) is 16.4. The maximum atomic E-state index is 13.6. The van der Waals surface area contributed by atoms with E-state index in [-0.39, 0.29) is 17.4 Å². The molecule has 0 bridgehead atoms. The summed E-state index contributed by atoms with van der Waals surface area (Å²) >= 11 is 2.68. The Bertz CT molecular complexity index is 2070. The molecule has 47 heavy (non-hydrogen) atoms. The highest BCUT2D eigenvalue weighted by molar-refractivity contribution is 8.00. The zero-order chi connectivity index (χ0) is 32.6. The molecular formula is C36H29N5O4S2. The molecule has 0 atom stereocenters. The molecule has 0 saturated heterocycles. The molecule has 6 aromatic rings. The number of aromatic nitrogens is 2. The van der Waals surface area contributed by atoms with Crippen LogP contribution in [0.15, 0.2) is 125 Å². The summed E-state index contributed by atoms with van der Waals surface area (Å²) < 4.78 is 5.21. The highest BCUT2D eigenvalue weighted by atomic mass is 32.2. The average Bonchev–Trinajstić information content (AvgIpc) is 3.75. The van der Waals surface area contributed by atoms with Crippen LogP contribution in [0.2, 0.25) is 0 Å². The van der Waals surface area contributed by atoms with Gasteiger partial charge in [0.15, 0.2) is 5.13 Å². The first kappa shape index (κ1) is 31.3. The lowest BCUT2D eigenvalue weighted by molar-refractivity contribution is -0.114. The van der Waals surface area contributed by atoms with E-state index in [1.807, 2.05) is 66.0 Å². The first-order valence-electron chi connectivity index (χ1n) is 14.5. The van der Waals surface area contributed by atoms with E-state index >= 15 is 0 Å². The fourth-order valence-electron chi connectivity index (χ4n) is 4.70. The minimum Gasteiger partial charge on any atom is -0.497 e. The lowest BCUT2D eigenvalue weighted by Crippen LogP contribution is -2.30. The van der Waals surface area contributed by atoms with Crippen molar-refractivity contribution in [1.82, 2.24) is 15.3 Å². The summed E-state index contributed by atoms with van der Waals surface area (Å²) in [7, 11) is 1.62. The Labute approximate surface area is 279 Å². The number of amides is 3. The zero-order valence-electron chi connectivity index (χ0n) is 25.2. The fourth-order valence-corrected chi connectivity index (χ4v) is 6.19. The molecule has 0 fully saturated rings. The van der Waals surface area contributed by atoms with Crippen LogP contribution in [0.1, 0.15) is 15.9 Å². The molecule has 11 heteroatoms. The number of nitrogens with one attached hydrogen (secondary N) is 4. The van der Waals surface area contributed by atoms with Gasteiger partial charge in [-0.15, -0.1) is 23.1 Å². The van der Waals surface area contributed by atoms with Crippen LogP contribution >= 0.6 is 23.1 Å². The molecule has 6 rings (SSSR count). The molecule has 4 N–H and O–H groups in total. The maximum absolute atomic E-state index is 13.6. The summed E-state index contributed by atoms with van der Waals surface area (Å²) in [6.07, 6.45) is 3.44. The summed E-state index contributed by atoms with van der Waals surface area (Å²) in [5.74, 6) is -0.189. The van der Waals surface area contributed by atoms with Crippen molar-refractivity contribution in [2.45, 2.75) is 4.90 Å². The van der Waals surface area contributed by atoms with E-state index in [0.717, 1.165) is 38.4 Å². The van der Waals surface area contributed by atoms with Crippen molar-refractivity contribution in [3.63, 3.8) is 0 Å². The Morgan fingerprint density at radius 1 is 0.915 bits per heavy atom. The van der Waals surface area contributed by atoms with Crippen molar-refractivity contribution in [2.75, 3.05) is 23.5 Å². The molecule has 2 heterocycles. The van der Waals surface area contributed by atoms with Gasteiger partial charge in [0.05, 0.1) is 18.6 Å². The summed E-state index contributed by atoms with van der Waals surface area (Å²) in [5, 5.41) is 11.8. The first-order chi connectivity index (χ1) is 22.9. The number of nitrogens with zero attached hydrogens (tertiary/aromatic N) is 1. The lowest BCUT2D eigenvalue weighted by Gasteiger charge is -2.12. The zero-order valence-corrected chi connectivity index (χ0v) is 26.8. The van der Waals surface area contributed by atoms with E-state index in [1.54, 1.807) is 61.8 Å². The standard InChI is InChI=1S/C36H29N5O4S2/c1-45-27-16-14-23(15-17-27)32-21-47-36(40-32)41-33(42)22-46-28-11-7-10-26(19-28)38-35(44)31(39-34(43)24-8-3-2-4-9-24)18-25-20-37-30-13-6-5-12-29(25)30/h2-21,37H,22H2,1H3,(H,38,44)(H,39,43)(H,40,41,42)/b31-18-. The van der Waals surface area contributed by atoms with Gasteiger partial charge >= 0.3 is 0 Å². The molecule has 0 unspecified atom stereocenters. The molecule has 0 saturated carbocycles. The number of rotatable bonds is 11. The SMILES string of the molecule is COc1ccc(-c2csc(NC(=O)CSc3cccc(NC(=O)/C(=C/c4c[nH]c5ccccc45)NC(=O)c4ccccc4)c3)n2)cc1. The van der Waals surface area contributed by atoms with E-state index in [1.165, 1.54) is 23.1 Å². The van der Waals surface area contributed by atoms with Gasteiger partial charge in [0.1, 0.15) is 11.4 Å². The van der Waals surface area contributed by atoms with Crippen LogP contribution in [0.25, 0.3) is 28.2 Å². The van der Waals surface area contributed by atoms with Crippen LogP contribution in [-0.4, -0.2) is 40.6 Å². The molecule has 0 aliphatic heterocycles. The number of thiazole rings is 1. The van der Waals surface area contributed by atoms with Crippen molar-refractivity contribution < 1.29 is 19.1 Å². The fraction of sp³-hybridized carbons (Fsp3) is 0.0556. The summed E-state index contributed by atoms with van der Waals surface area (Å²) in [6, 6.07) is 31.2. The van der Waals surface area contributed by atoms with E-state index in [2.05, 4.69) is 25.9 Å².